The summed E-state index contributed by atoms with van der Waals surface area (Å²) in [5.41, 5.74) is 0. The zero-order valence-corrected chi connectivity index (χ0v) is 9.37. The highest BCUT2D eigenvalue weighted by molar-refractivity contribution is 5.87. The van der Waals surface area contributed by atoms with Gasteiger partial charge < -0.3 is 10.6 Å². The van der Waals surface area contributed by atoms with Crippen LogP contribution in [-0.2, 0) is 9.59 Å². The van der Waals surface area contributed by atoms with Gasteiger partial charge in [-0.3, -0.25) is 9.59 Å². The Labute approximate surface area is 95.5 Å². The van der Waals surface area contributed by atoms with E-state index in [-0.39, 0.29) is 29.8 Å². The van der Waals surface area contributed by atoms with Gasteiger partial charge in [-0.05, 0) is 31.8 Å². The van der Waals surface area contributed by atoms with Crippen molar-refractivity contribution in [2.45, 2.75) is 44.2 Å². The van der Waals surface area contributed by atoms with Gasteiger partial charge in [-0.25, -0.2) is 0 Å². The largest absolute Gasteiger partial charge is 0.353 e. The maximum Gasteiger partial charge on any atom is 0.243 e. The fraction of sp³-hybridized carbons (Fsp3) is 0.667. The van der Waals surface area contributed by atoms with E-state index in [1.807, 2.05) is 0 Å². The van der Waals surface area contributed by atoms with Gasteiger partial charge in [0.05, 0.1) is 0 Å². The summed E-state index contributed by atoms with van der Waals surface area (Å²) in [6.45, 7) is 3.40. The summed E-state index contributed by atoms with van der Waals surface area (Å²) < 4.78 is 0. The summed E-state index contributed by atoms with van der Waals surface area (Å²) in [5.74, 6) is 0.320. The van der Waals surface area contributed by atoms with Gasteiger partial charge in [0.25, 0.3) is 0 Å². The highest BCUT2D eigenvalue weighted by Gasteiger charge is 2.33. The van der Waals surface area contributed by atoms with Crippen LogP contribution in [-0.4, -0.2) is 23.9 Å². The highest BCUT2D eigenvalue weighted by atomic mass is 16.2. The van der Waals surface area contributed by atoms with Crippen LogP contribution in [0.2, 0.25) is 0 Å². The summed E-state index contributed by atoms with van der Waals surface area (Å²) in [7, 11) is 0. The number of rotatable bonds is 4. The first-order chi connectivity index (χ1) is 7.69. The van der Waals surface area contributed by atoms with Crippen molar-refractivity contribution in [3.05, 3.63) is 12.7 Å². The van der Waals surface area contributed by atoms with Crippen molar-refractivity contribution in [2.24, 2.45) is 5.92 Å². The summed E-state index contributed by atoms with van der Waals surface area (Å²) in [5, 5.41) is 5.84. The topological polar surface area (TPSA) is 58.2 Å². The molecule has 2 amide bonds. The van der Waals surface area contributed by atoms with Crippen LogP contribution in [0.15, 0.2) is 12.7 Å². The normalized spacial score (nSPS) is 28.5. The van der Waals surface area contributed by atoms with Crippen LogP contribution in [0.25, 0.3) is 0 Å². The molecule has 0 aromatic heterocycles. The monoisotopic (exact) mass is 222 g/mol. The van der Waals surface area contributed by atoms with Gasteiger partial charge in [-0.15, -0.1) is 0 Å². The standard InChI is InChI=1S/C12H18N2O2/c1-2-11(15)13-9-6-10(7-9)14-12(16)8-4-3-5-8/h2,8-10H,1,3-7H2,(H,13,15)(H,14,16). The molecule has 4 nitrogen and oxygen atoms in total. The van der Waals surface area contributed by atoms with E-state index in [1.54, 1.807) is 0 Å². The van der Waals surface area contributed by atoms with Crippen LogP contribution in [0.3, 0.4) is 0 Å². The van der Waals surface area contributed by atoms with Gasteiger partial charge in [-0.1, -0.05) is 13.0 Å². The van der Waals surface area contributed by atoms with Gasteiger partial charge in [0.2, 0.25) is 11.8 Å². The van der Waals surface area contributed by atoms with Crippen LogP contribution in [0.4, 0.5) is 0 Å². The van der Waals surface area contributed by atoms with Gasteiger partial charge in [0, 0.05) is 18.0 Å². The van der Waals surface area contributed by atoms with Crippen LogP contribution < -0.4 is 10.6 Å². The lowest BCUT2D eigenvalue weighted by molar-refractivity contribution is -0.128. The molecule has 0 radical (unpaired) electrons. The number of carbonyl (C=O) groups is 2. The maximum absolute atomic E-state index is 11.6. The minimum atomic E-state index is -0.131. The van der Waals surface area contributed by atoms with Gasteiger partial charge >= 0.3 is 0 Å². The molecule has 2 aliphatic carbocycles. The second-order valence-corrected chi connectivity index (χ2v) is 4.71. The molecule has 2 rings (SSSR count). The van der Waals surface area contributed by atoms with Crippen LogP contribution in [0.1, 0.15) is 32.1 Å². The fourth-order valence-corrected chi connectivity index (χ4v) is 2.10. The van der Waals surface area contributed by atoms with E-state index in [2.05, 4.69) is 17.2 Å². The number of hydrogen-bond donors (Lipinski definition) is 2. The van der Waals surface area contributed by atoms with E-state index < -0.39 is 0 Å². The molecule has 0 aliphatic heterocycles. The smallest absolute Gasteiger partial charge is 0.243 e. The third-order valence-corrected chi connectivity index (χ3v) is 3.49. The third-order valence-electron chi connectivity index (χ3n) is 3.49. The van der Waals surface area contributed by atoms with Gasteiger partial charge in [0.15, 0.2) is 0 Å². The van der Waals surface area contributed by atoms with Crippen molar-refractivity contribution in [1.82, 2.24) is 10.6 Å². The molecule has 2 N–H and O–H groups in total. The molecule has 0 aromatic carbocycles. The molecule has 0 aromatic rings. The molecule has 88 valence electrons. The average molecular weight is 222 g/mol. The van der Waals surface area contributed by atoms with E-state index >= 15 is 0 Å². The number of carbonyl (C=O) groups excluding carboxylic acids is 2. The van der Waals surface area contributed by atoms with Crippen molar-refractivity contribution in [3.8, 4) is 0 Å². The third kappa shape index (κ3) is 2.43. The second kappa shape index (κ2) is 4.68. The lowest BCUT2D eigenvalue weighted by Gasteiger charge is -2.37. The Morgan fingerprint density at radius 1 is 1.12 bits per heavy atom. The van der Waals surface area contributed by atoms with Crippen molar-refractivity contribution in [1.29, 1.82) is 0 Å². The van der Waals surface area contributed by atoms with Crippen molar-refractivity contribution < 1.29 is 9.59 Å². The maximum atomic E-state index is 11.6. The molecule has 16 heavy (non-hydrogen) atoms. The molecule has 2 aliphatic rings. The van der Waals surface area contributed by atoms with E-state index in [0.717, 1.165) is 25.7 Å². The molecule has 0 atom stereocenters. The van der Waals surface area contributed by atoms with Crippen LogP contribution >= 0.6 is 0 Å². The van der Waals surface area contributed by atoms with Crippen molar-refractivity contribution >= 4 is 11.8 Å². The molecule has 0 unspecified atom stereocenters. The Morgan fingerprint density at radius 2 is 1.75 bits per heavy atom. The summed E-state index contributed by atoms with van der Waals surface area (Å²) in [6.07, 6.45) is 6.22. The quantitative estimate of drug-likeness (QED) is 0.689. The summed E-state index contributed by atoms with van der Waals surface area (Å²) >= 11 is 0. The first-order valence-electron chi connectivity index (χ1n) is 5.92. The summed E-state index contributed by atoms with van der Waals surface area (Å²) in [6, 6.07) is 0.459. The van der Waals surface area contributed by atoms with E-state index in [4.69, 9.17) is 0 Å². The molecular formula is C12H18N2O2. The van der Waals surface area contributed by atoms with E-state index in [9.17, 15) is 9.59 Å². The van der Waals surface area contributed by atoms with E-state index in [0.29, 0.717) is 0 Å². The van der Waals surface area contributed by atoms with Crippen molar-refractivity contribution in [2.75, 3.05) is 0 Å². The van der Waals surface area contributed by atoms with Crippen LogP contribution in [0, 0.1) is 5.92 Å². The Bertz CT molecular complexity index is 304. The summed E-state index contributed by atoms with van der Waals surface area (Å²) in [4.78, 5) is 22.6. The highest BCUT2D eigenvalue weighted by Crippen LogP contribution is 2.28. The molecular weight excluding hydrogens is 204 g/mol. The Balaban J connectivity index is 1.62. The number of nitrogens with one attached hydrogen (secondary N) is 2. The number of hydrogen-bond acceptors (Lipinski definition) is 2. The molecule has 0 spiro atoms. The zero-order chi connectivity index (χ0) is 11.5. The molecule has 0 heterocycles. The van der Waals surface area contributed by atoms with Gasteiger partial charge in [0.1, 0.15) is 0 Å². The molecule has 2 saturated carbocycles. The number of amides is 2. The molecule has 0 bridgehead atoms. The molecule has 0 saturated heterocycles. The van der Waals surface area contributed by atoms with Crippen LogP contribution in [0.5, 0.6) is 0 Å². The van der Waals surface area contributed by atoms with E-state index in [1.165, 1.54) is 12.5 Å². The Hall–Kier alpha value is -1.32. The predicted octanol–water partition coefficient (Wildman–Crippen LogP) is 0.736. The zero-order valence-electron chi connectivity index (χ0n) is 9.37. The SMILES string of the molecule is C=CC(=O)NC1CC(NC(=O)C2CCC2)C1. The predicted molar refractivity (Wildman–Crippen MR) is 60.6 cm³/mol. The molecule has 2 fully saturated rings. The first-order valence-corrected chi connectivity index (χ1v) is 5.92. The molecule has 4 heteroatoms. The average Bonchev–Trinajstić information content (AvgIpc) is 2.11. The first kappa shape index (κ1) is 11.2. The Kier molecular flexibility index (Phi) is 3.27. The minimum Gasteiger partial charge on any atom is -0.353 e. The lowest BCUT2D eigenvalue weighted by atomic mass is 9.82. The Morgan fingerprint density at radius 3 is 2.25 bits per heavy atom. The lowest BCUT2D eigenvalue weighted by Crippen LogP contribution is -2.54. The minimum absolute atomic E-state index is 0.131. The van der Waals surface area contributed by atoms with Gasteiger partial charge in [-0.2, -0.15) is 0 Å². The van der Waals surface area contributed by atoms with Crippen molar-refractivity contribution in [3.63, 3.8) is 0 Å². The second-order valence-electron chi connectivity index (χ2n) is 4.71. The fourth-order valence-electron chi connectivity index (χ4n) is 2.10.